The van der Waals surface area contributed by atoms with Crippen molar-refractivity contribution >= 4 is 52.5 Å². The number of rotatable bonds is 5. The Morgan fingerprint density at radius 1 is 0.500 bits per heavy atom. The SMILES string of the molecule is Brc1ccc2c(c1)N(c1nc(-c3ccccc3)nc(-c3ccccc3)n1)P(c1ccccc1)N2c1ccccc1. The van der Waals surface area contributed by atoms with Crippen molar-refractivity contribution in [3.8, 4) is 22.8 Å². The van der Waals surface area contributed by atoms with Gasteiger partial charge in [0.25, 0.3) is 0 Å². The molecule has 0 saturated carbocycles. The predicted molar refractivity (Wildman–Crippen MR) is 169 cm³/mol. The lowest BCUT2D eigenvalue weighted by atomic mass is 10.2. The van der Waals surface area contributed by atoms with E-state index in [-0.39, 0.29) is 0 Å². The third kappa shape index (κ3) is 4.56. The Kier molecular flexibility index (Phi) is 6.56. The molecule has 1 aliphatic heterocycles. The molecule has 1 aliphatic rings. The van der Waals surface area contributed by atoms with E-state index < -0.39 is 8.22 Å². The minimum atomic E-state index is -1.13. The number of fused-ring (bicyclic) bond motifs is 1. The summed E-state index contributed by atoms with van der Waals surface area (Å²) in [5.74, 6) is 1.89. The van der Waals surface area contributed by atoms with Crippen molar-refractivity contribution in [2.75, 3.05) is 9.34 Å². The molecule has 5 aromatic carbocycles. The first-order valence-electron chi connectivity index (χ1n) is 12.9. The molecule has 0 fully saturated rings. The van der Waals surface area contributed by atoms with Crippen LogP contribution in [0, 0.1) is 0 Å². The maximum absolute atomic E-state index is 5.12. The zero-order chi connectivity index (χ0) is 26.9. The van der Waals surface area contributed by atoms with Crippen LogP contribution in [0.3, 0.4) is 0 Å². The second-order valence-electron chi connectivity index (χ2n) is 9.23. The molecule has 2 heterocycles. The minimum Gasteiger partial charge on any atom is -0.296 e. The summed E-state index contributed by atoms with van der Waals surface area (Å²) in [6.07, 6.45) is 0. The fourth-order valence-corrected chi connectivity index (χ4v) is 7.61. The molecular formula is C33H23BrN5P. The van der Waals surface area contributed by atoms with Crippen LogP contribution in [0.15, 0.2) is 144 Å². The molecule has 7 rings (SSSR count). The first-order chi connectivity index (χ1) is 19.8. The number of anilines is 4. The van der Waals surface area contributed by atoms with Crippen LogP contribution in [0.25, 0.3) is 22.8 Å². The van der Waals surface area contributed by atoms with Crippen molar-refractivity contribution < 1.29 is 0 Å². The van der Waals surface area contributed by atoms with Crippen LogP contribution in [0.1, 0.15) is 0 Å². The number of para-hydroxylation sites is 1. The Hall–Kier alpha value is -4.38. The first-order valence-corrected chi connectivity index (χ1v) is 15.0. The molecule has 0 spiro atoms. The minimum absolute atomic E-state index is 0.612. The Morgan fingerprint density at radius 3 is 1.60 bits per heavy atom. The van der Waals surface area contributed by atoms with Gasteiger partial charge in [-0.25, -0.2) is 4.98 Å². The predicted octanol–water partition coefficient (Wildman–Crippen LogP) is 8.90. The summed E-state index contributed by atoms with van der Waals surface area (Å²) in [5, 5.41) is 1.19. The van der Waals surface area contributed by atoms with Gasteiger partial charge in [0.15, 0.2) is 11.6 Å². The molecule has 6 aromatic rings. The van der Waals surface area contributed by atoms with E-state index in [1.54, 1.807) is 0 Å². The Balaban J connectivity index is 1.50. The molecule has 1 aromatic heterocycles. The smallest absolute Gasteiger partial charge is 0.239 e. The molecule has 40 heavy (non-hydrogen) atoms. The maximum Gasteiger partial charge on any atom is 0.239 e. The topological polar surface area (TPSA) is 45.2 Å². The third-order valence-corrected chi connectivity index (χ3v) is 9.49. The van der Waals surface area contributed by atoms with Gasteiger partial charge in [-0.05, 0) is 30.3 Å². The summed E-state index contributed by atoms with van der Waals surface area (Å²) in [5.41, 5.74) is 5.15. The quantitative estimate of drug-likeness (QED) is 0.185. The number of hydrogen-bond donors (Lipinski definition) is 0. The molecule has 7 heteroatoms. The van der Waals surface area contributed by atoms with Gasteiger partial charge in [0.05, 0.1) is 11.4 Å². The summed E-state index contributed by atoms with van der Waals surface area (Å²) >= 11 is 3.73. The Morgan fingerprint density at radius 2 is 1.02 bits per heavy atom. The van der Waals surface area contributed by atoms with Gasteiger partial charge in [-0.15, -0.1) is 0 Å². The number of hydrogen-bond acceptors (Lipinski definition) is 5. The van der Waals surface area contributed by atoms with Crippen molar-refractivity contribution in [1.29, 1.82) is 0 Å². The molecule has 0 aliphatic carbocycles. The number of aromatic nitrogens is 3. The van der Waals surface area contributed by atoms with Gasteiger partial charge < -0.3 is 0 Å². The lowest BCUT2D eigenvalue weighted by Gasteiger charge is -2.31. The third-order valence-electron chi connectivity index (χ3n) is 6.64. The monoisotopic (exact) mass is 599 g/mol. The van der Waals surface area contributed by atoms with E-state index in [1.807, 2.05) is 60.7 Å². The highest BCUT2D eigenvalue weighted by atomic mass is 79.9. The fourth-order valence-electron chi connectivity index (χ4n) is 4.83. The molecule has 1 unspecified atom stereocenters. The lowest BCUT2D eigenvalue weighted by molar-refractivity contribution is 1.05. The van der Waals surface area contributed by atoms with E-state index in [0.717, 1.165) is 32.7 Å². The van der Waals surface area contributed by atoms with E-state index >= 15 is 0 Å². The van der Waals surface area contributed by atoms with E-state index in [0.29, 0.717) is 17.6 Å². The molecule has 0 N–H and O–H groups in total. The van der Waals surface area contributed by atoms with E-state index in [2.05, 4.69) is 104 Å². The van der Waals surface area contributed by atoms with Gasteiger partial charge in [-0.1, -0.05) is 125 Å². The first kappa shape index (κ1) is 24.6. The molecule has 0 bridgehead atoms. The largest absolute Gasteiger partial charge is 0.296 e. The van der Waals surface area contributed by atoms with Gasteiger partial charge in [-0.3, -0.25) is 9.34 Å². The number of benzene rings is 5. The zero-order valence-corrected chi connectivity index (χ0v) is 23.8. The highest BCUT2D eigenvalue weighted by molar-refractivity contribution is 9.10. The Bertz CT molecular complexity index is 1710. The fraction of sp³-hybridized carbons (Fsp3) is 0. The van der Waals surface area contributed by atoms with Crippen LogP contribution >= 0.6 is 24.2 Å². The molecule has 0 radical (unpaired) electrons. The van der Waals surface area contributed by atoms with Crippen LogP contribution in [0.5, 0.6) is 0 Å². The standard InChI is InChI=1S/C33H23BrN5P/c34-26-21-22-29-30(23-26)39(40(28-19-11-4-12-20-28)38(29)27-17-9-3-10-18-27)33-36-31(24-13-5-1-6-14-24)35-32(37-33)25-15-7-2-8-16-25/h1-23H. The van der Waals surface area contributed by atoms with Crippen LogP contribution in [0.4, 0.5) is 23.0 Å². The molecule has 192 valence electrons. The van der Waals surface area contributed by atoms with Crippen molar-refractivity contribution in [2.45, 2.75) is 0 Å². The van der Waals surface area contributed by atoms with Gasteiger partial charge in [0.1, 0.15) is 8.22 Å². The summed E-state index contributed by atoms with van der Waals surface area (Å²) < 4.78 is 5.70. The average molecular weight is 600 g/mol. The van der Waals surface area contributed by atoms with Gasteiger partial charge in [0.2, 0.25) is 5.95 Å². The number of halogens is 1. The van der Waals surface area contributed by atoms with Crippen molar-refractivity contribution in [3.63, 3.8) is 0 Å². The normalized spacial score (nSPS) is 14.3. The van der Waals surface area contributed by atoms with Gasteiger partial charge in [-0.2, -0.15) is 9.97 Å². The van der Waals surface area contributed by atoms with Crippen LogP contribution in [-0.2, 0) is 0 Å². The molecule has 0 saturated heterocycles. The second kappa shape index (κ2) is 10.6. The average Bonchev–Trinajstić information content (AvgIpc) is 3.37. The van der Waals surface area contributed by atoms with Gasteiger partial charge >= 0.3 is 0 Å². The molecule has 1 atom stereocenters. The van der Waals surface area contributed by atoms with E-state index in [9.17, 15) is 0 Å². The molecule has 0 amide bonds. The van der Waals surface area contributed by atoms with Crippen molar-refractivity contribution in [3.05, 3.63) is 144 Å². The summed E-state index contributed by atoms with van der Waals surface area (Å²) in [4.78, 5) is 15.2. The van der Waals surface area contributed by atoms with E-state index in [1.165, 1.54) is 5.30 Å². The van der Waals surface area contributed by atoms with Crippen molar-refractivity contribution in [1.82, 2.24) is 15.0 Å². The second-order valence-corrected chi connectivity index (χ2v) is 12.0. The zero-order valence-electron chi connectivity index (χ0n) is 21.3. The summed E-state index contributed by atoms with van der Waals surface area (Å²) in [7, 11) is -1.13. The number of nitrogens with zero attached hydrogens (tertiary/aromatic N) is 5. The van der Waals surface area contributed by atoms with Crippen LogP contribution in [-0.4, -0.2) is 15.0 Å². The molecule has 5 nitrogen and oxygen atoms in total. The highest BCUT2D eigenvalue weighted by Crippen LogP contribution is 2.64. The van der Waals surface area contributed by atoms with Crippen LogP contribution in [0.2, 0.25) is 0 Å². The van der Waals surface area contributed by atoms with E-state index in [4.69, 9.17) is 15.0 Å². The maximum atomic E-state index is 5.12. The van der Waals surface area contributed by atoms with Crippen LogP contribution < -0.4 is 14.6 Å². The summed E-state index contributed by atoms with van der Waals surface area (Å²) in [6.45, 7) is 0. The highest BCUT2D eigenvalue weighted by Gasteiger charge is 2.41. The van der Waals surface area contributed by atoms with Gasteiger partial charge in [0, 0.05) is 26.6 Å². The van der Waals surface area contributed by atoms with Crippen molar-refractivity contribution in [2.24, 2.45) is 0 Å². The Labute approximate surface area is 242 Å². The summed E-state index contributed by atoms with van der Waals surface area (Å²) in [6, 6.07) is 47.8. The lowest BCUT2D eigenvalue weighted by Crippen LogP contribution is -2.23. The molecular weight excluding hydrogens is 577 g/mol.